The molecule has 2 amide bonds. The van der Waals surface area contributed by atoms with Gasteiger partial charge in [-0.05, 0) is 60.0 Å². The molecule has 42 heavy (non-hydrogen) atoms. The van der Waals surface area contributed by atoms with Gasteiger partial charge in [0.1, 0.15) is 16.9 Å². The highest BCUT2D eigenvalue weighted by molar-refractivity contribution is 6.01. The first-order valence-corrected chi connectivity index (χ1v) is 13.6. The molecule has 1 saturated heterocycles. The van der Waals surface area contributed by atoms with E-state index in [0.717, 1.165) is 18.7 Å². The summed E-state index contributed by atoms with van der Waals surface area (Å²) in [5, 5.41) is 13.9. The van der Waals surface area contributed by atoms with E-state index in [0.29, 0.717) is 43.0 Å². The van der Waals surface area contributed by atoms with E-state index in [9.17, 15) is 23.9 Å². The van der Waals surface area contributed by atoms with Crippen LogP contribution in [0.5, 0.6) is 5.75 Å². The van der Waals surface area contributed by atoms with Crippen LogP contribution in [0.2, 0.25) is 0 Å². The van der Waals surface area contributed by atoms with Crippen molar-refractivity contribution in [2.75, 3.05) is 53.5 Å². The number of ether oxygens (including phenoxy) is 1. The smallest absolute Gasteiger partial charge is 0.272 e. The fourth-order valence-corrected chi connectivity index (χ4v) is 4.94. The lowest BCUT2D eigenvalue weighted by Gasteiger charge is -2.26. The van der Waals surface area contributed by atoms with Gasteiger partial charge in [-0.1, -0.05) is 12.1 Å². The SMILES string of the molecule is CN(C)C(=O)c1ccc(-n2c(=O)c(C(=O)NCCN3CCOCC3)c(O)c3ncc(Cc4ccc(F)cc4)cc32)cc1. The van der Waals surface area contributed by atoms with Crippen molar-refractivity contribution in [1.82, 2.24) is 24.7 Å². The molecular weight excluding hydrogens is 541 g/mol. The van der Waals surface area contributed by atoms with E-state index in [1.54, 1.807) is 62.8 Å². The minimum atomic E-state index is -0.726. The number of rotatable bonds is 8. The van der Waals surface area contributed by atoms with Gasteiger partial charge in [0.15, 0.2) is 5.75 Å². The fraction of sp³-hybridized carbons (Fsp3) is 0.290. The topological polar surface area (TPSA) is 117 Å². The van der Waals surface area contributed by atoms with Crippen LogP contribution in [0.4, 0.5) is 4.39 Å². The van der Waals surface area contributed by atoms with Gasteiger partial charge in [0, 0.05) is 57.7 Å². The summed E-state index contributed by atoms with van der Waals surface area (Å²) in [4.78, 5) is 47.7. The van der Waals surface area contributed by atoms with Crippen molar-refractivity contribution in [3.63, 3.8) is 0 Å². The van der Waals surface area contributed by atoms with E-state index in [-0.39, 0.29) is 29.3 Å². The second-order valence-corrected chi connectivity index (χ2v) is 10.3. The molecule has 0 unspecified atom stereocenters. The molecule has 11 heteroatoms. The standard InChI is InChI=1S/C31H32FN5O5/c1-35(2)30(40)22-5-9-24(10-6-22)37-25-18-21(17-20-3-7-23(32)8-4-20)19-34-27(25)28(38)26(31(37)41)29(39)33-11-12-36-13-15-42-16-14-36/h3-10,18-19,38H,11-17H2,1-2H3,(H,33,39). The molecule has 5 rings (SSSR count). The summed E-state index contributed by atoms with van der Waals surface area (Å²) in [7, 11) is 3.29. The molecule has 0 aliphatic carbocycles. The predicted molar refractivity (Wildman–Crippen MR) is 156 cm³/mol. The van der Waals surface area contributed by atoms with Gasteiger partial charge in [0.2, 0.25) is 0 Å². The van der Waals surface area contributed by atoms with Crippen LogP contribution < -0.4 is 10.9 Å². The van der Waals surface area contributed by atoms with Crippen LogP contribution in [0.3, 0.4) is 0 Å². The van der Waals surface area contributed by atoms with Crippen LogP contribution in [0.25, 0.3) is 16.7 Å². The van der Waals surface area contributed by atoms with Crippen LogP contribution in [-0.4, -0.2) is 89.8 Å². The minimum Gasteiger partial charge on any atom is -0.505 e. The van der Waals surface area contributed by atoms with Gasteiger partial charge in [-0.3, -0.25) is 28.8 Å². The minimum absolute atomic E-state index is 0.0734. The maximum atomic E-state index is 13.9. The number of benzene rings is 2. The third-order valence-electron chi connectivity index (χ3n) is 7.19. The van der Waals surface area contributed by atoms with Crippen LogP contribution in [0, 0.1) is 5.82 Å². The van der Waals surface area contributed by atoms with Crippen molar-refractivity contribution in [2.24, 2.45) is 0 Å². The molecule has 1 aliphatic rings. The normalized spacial score (nSPS) is 13.7. The van der Waals surface area contributed by atoms with E-state index in [1.807, 2.05) is 0 Å². The number of pyridine rings is 2. The van der Waals surface area contributed by atoms with Gasteiger partial charge in [0.25, 0.3) is 17.4 Å². The molecule has 3 heterocycles. The second kappa shape index (κ2) is 12.5. The summed E-state index contributed by atoms with van der Waals surface area (Å²) in [5.41, 5.74) is 1.58. The van der Waals surface area contributed by atoms with E-state index in [4.69, 9.17) is 4.74 Å². The Kier molecular flexibility index (Phi) is 8.60. The molecule has 2 aromatic heterocycles. The Morgan fingerprint density at radius 2 is 1.74 bits per heavy atom. The van der Waals surface area contributed by atoms with Gasteiger partial charge in [-0.25, -0.2) is 4.39 Å². The number of hydrogen-bond donors (Lipinski definition) is 2. The Morgan fingerprint density at radius 3 is 2.40 bits per heavy atom. The summed E-state index contributed by atoms with van der Waals surface area (Å²) in [6.45, 7) is 3.60. The number of nitrogens with one attached hydrogen (secondary N) is 1. The Balaban J connectivity index is 1.56. The van der Waals surface area contributed by atoms with Crippen molar-refractivity contribution >= 4 is 22.8 Å². The first-order valence-electron chi connectivity index (χ1n) is 13.6. The van der Waals surface area contributed by atoms with Gasteiger partial charge >= 0.3 is 0 Å². The second-order valence-electron chi connectivity index (χ2n) is 10.3. The van der Waals surface area contributed by atoms with Crippen molar-refractivity contribution in [3.05, 3.63) is 99.2 Å². The number of nitrogens with zero attached hydrogens (tertiary/aromatic N) is 4. The van der Waals surface area contributed by atoms with Crippen LogP contribution >= 0.6 is 0 Å². The van der Waals surface area contributed by atoms with E-state index < -0.39 is 22.8 Å². The highest BCUT2D eigenvalue weighted by Crippen LogP contribution is 2.28. The average Bonchev–Trinajstić information content (AvgIpc) is 2.99. The number of carbonyl (C=O) groups is 2. The largest absolute Gasteiger partial charge is 0.505 e. The van der Waals surface area contributed by atoms with Crippen molar-refractivity contribution in [3.8, 4) is 11.4 Å². The van der Waals surface area contributed by atoms with Gasteiger partial charge in [0.05, 0.1) is 18.7 Å². The van der Waals surface area contributed by atoms with Gasteiger partial charge in [-0.2, -0.15) is 0 Å². The first-order chi connectivity index (χ1) is 20.2. The van der Waals surface area contributed by atoms with Gasteiger partial charge < -0.3 is 20.1 Å². The summed E-state index contributed by atoms with van der Waals surface area (Å²) in [5.74, 6) is -1.77. The molecule has 2 aromatic carbocycles. The van der Waals surface area contributed by atoms with Crippen molar-refractivity contribution in [1.29, 1.82) is 0 Å². The lowest BCUT2D eigenvalue weighted by Crippen LogP contribution is -2.42. The van der Waals surface area contributed by atoms with E-state index in [2.05, 4.69) is 15.2 Å². The molecule has 0 spiro atoms. The lowest BCUT2D eigenvalue weighted by atomic mass is 10.0. The first kappa shape index (κ1) is 28.9. The Morgan fingerprint density at radius 1 is 1.05 bits per heavy atom. The van der Waals surface area contributed by atoms with Crippen LogP contribution in [-0.2, 0) is 11.2 Å². The number of amides is 2. The Labute approximate surface area is 242 Å². The highest BCUT2D eigenvalue weighted by atomic mass is 19.1. The maximum Gasteiger partial charge on any atom is 0.272 e. The molecule has 0 saturated carbocycles. The summed E-state index contributed by atoms with van der Waals surface area (Å²) >= 11 is 0. The Bertz CT molecular complexity index is 1660. The molecule has 4 aromatic rings. The number of aromatic nitrogens is 2. The summed E-state index contributed by atoms with van der Waals surface area (Å²) in [6.07, 6.45) is 1.96. The predicted octanol–water partition coefficient (Wildman–Crippen LogP) is 2.58. The molecule has 1 aliphatic heterocycles. The summed E-state index contributed by atoms with van der Waals surface area (Å²) < 4.78 is 20.1. The zero-order valence-corrected chi connectivity index (χ0v) is 23.5. The molecule has 10 nitrogen and oxygen atoms in total. The number of halogens is 1. The molecular formula is C31H32FN5O5. The third-order valence-corrected chi connectivity index (χ3v) is 7.19. The Hall–Kier alpha value is -4.61. The number of hydrogen-bond acceptors (Lipinski definition) is 7. The number of carbonyl (C=O) groups excluding carboxylic acids is 2. The molecule has 0 radical (unpaired) electrons. The maximum absolute atomic E-state index is 13.9. The summed E-state index contributed by atoms with van der Waals surface area (Å²) in [6, 6.07) is 14.2. The lowest BCUT2D eigenvalue weighted by molar-refractivity contribution is 0.0383. The molecule has 2 N–H and O–H groups in total. The molecule has 0 bridgehead atoms. The number of aromatic hydroxyl groups is 1. The average molecular weight is 574 g/mol. The monoisotopic (exact) mass is 573 g/mol. The van der Waals surface area contributed by atoms with Crippen LogP contribution in [0.15, 0.2) is 65.6 Å². The molecule has 0 atom stereocenters. The van der Waals surface area contributed by atoms with Gasteiger partial charge in [-0.15, -0.1) is 0 Å². The number of fused-ring (bicyclic) bond motifs is 1. The quantitative estimate of drug-likeness (QED) is 0.333. The van der Waals surface area contributed by atoms with Crippen molar-refractivity contribution in [2.45, 2.75) is 6.42 Å². The van der Waals surface area contributed by atoms with Crippen LogP contribution in [0.1, 0.15) is 31.8 Å². The fourth-order valence-electron chi connectivity index (χ4n) is 4.94. The third kappa shape index (κ3) is 6.17. The number of morpholine rings is 1. The highest BCUT2D eigenvalue weighted by Gasteiger charge is 2.24. The van der Waals surface area contributed by atoms with E-state index >= 15 is 0 Å². The van der Waals surface area contributed by atoms with Crippen molar-refractivity contribution < 1.29 is 23.8 Å². The zero-order chi connectivity index (χ0) is 29.8. The molecule has 218 valence electrons. The zero-order valence-electron chi connectivity index (χ0n) is 23.5. The molecule has 1 fully saturated rings. The van der Waals surface area contributed by atoms with E-state index in [1.165, 1.54) is 21.6 Å².